The van der Waals surface area contributed by atoms with Gasteiger partial charge in [0.25, 0.3) is 0 Å². The molecule has 0 radical (unpaired) electrons. The monoisotopic (exact) mass is 271 g/mol. The quantitative estimate of drug-likeness (QED) is 0.789. The highest BCUT2D eigenvalue weighted by molar-refractivity contribution is 7.99. The topological polar surface area (TPSA) is 29.5 Å². The van der Waals surface area contributed by atoms with Gasteiger partial charge < -0.3 is 0 Å². The molecule has 0 unspecified atom stereocenters. The van der Waals surface area contributed by atoms with E-state index < -0.39 is 0 Å². The first-order valence-corrected chi connectivity index (χ1v) is 6.94. The van der Waals surface area contributed by atoms with Crippen LogP contribution in [0.5, 0.6) is 0 Å². The summed E-state index contributed by atoms with van der Waals surface area (Å²) in [5.74, 6) is 0.782. The van der Waals surface area contributed by atoms with Crippen molar-refractivity contribution >= 4 is 29.3 Å². The van der Waals surface area contributed by atoms with E-state index in [2.05, 4.69) is 0 Å². The molecule has 1 aromatic carbocycles. The molecule has 0 atom stereocenters. The number of carbonyl (C=O) groups excluding carboxylic acids is 1. The van der Waals surface area contributed by atoms with Crippen molar-refractivity contribution < 1.29 is 9.63 Å². The summed E-state index contributed by atoms with van der Waals surface area (Å²) in [6.07, 6.45) is 1.42. The fourth-order valence-electron chi connectivity index (χ4n) is 1.58. The van der Waals surface area contributed by atoms with E-state index in [-0.39, 0.29) is 5.91 Å². The van der Waals surface area contributed by atoms with Crippen molar-refractivity contribution in [1.29, 1.82) is 0 Å². The lowest BCUT2D eigenvalue weighted by Crippen LogP contribution is -2.26. The minimum absolute atomic E-state index is 0.0575. The molecule has 92 valence electrons. The summed E-state index contributed by atoms with van der Waals surface area (Å²) in [5, 5.41) is 2.20. The third kappa shape index (κ3) is 3.63. The molecule has 1 aliphatic heterocycles. The van der Waals surface area contributed by atoms with Gasteiger partial charge in [-0.05, 0) is 18.6 Å². The summed E-state index contributed by atoms with van der Waals surface area (Å²) in [6.45, 7) is 1.37. The van der Waals surface area contributed by atoms with Gasteiger partial charge in [-0.1, -0.05) is 23.7 Å². The number of halogens is 1. The number of thioether (sulfide) groups is 1. The summed E-state index contributed by atoms with van der Waals surface area (Å²) >= 11 is 7.62. The van der Waals surface area contributed by atoms with Gasteiger partial charge in [-0.15, -0.1) is 11.8 Å². The Kier molecular flexibility index (Phi) is 4.71. The lowest BCUT2D eigenvalue weighted by molar-refractivity contribution is -0.168. The number of amides is 1. The highest BCUT2D eigenvalue weighted by Gasteiger charge is 2.18. The Morgan fingerprint density at radius 3 is 3.00 bits per heavy atom. The molecule has 1 aliphatic rings. The second-order valence-corrected chi connectivity index (χ2v) is 5.26. The van der Waals surface area contributed by atoms with Crippen LogP contribution in [-0.4, -0.2) is 29.9 Å². The number of benzene rings is 1. The second-order valence-electron chi connectivity index (χ2n) is 3.71. The van der Waals surface area contributed by atoms with Gasteiger partial charge in [0.15, 0.2) is 0 Å². The van der Waals surface area contributed by atoms with Crippen molar-refractivity contribution in [3.63, 3.8) is 0 Å². The van der Waals surface area contributed by atoms with Crippen molar-refractivity contribution in [1.82, 2.24) is 5.06 Å². The van der Waals surface area contributed by atoms with Gasteiger partial charge in [0.1, 0.15) is 0 Å². The first-order valence-electron chi connectivity index (χ1n) is 5.58. The standard InChI is InChI=1S/C12H14ClNO2S/c13-10-4-1-2-5-11(10)17-9-6-12(15)14-7-3-8-16-14/h1-2,4-5H,3,6-9H2. The van der Waals surface area contributed by atoms with Crippen LogP contribution in [0.2, 0.25) is 5.02 Å². The molecule has 5 heteroatoms. The van der Waals surface area contributed by atoms with Gasteiger partial charge in [-0.25, -0.2) is 5.06 Å². The summed E-state index contributed by atoms with van der Waals surface area (Å²) < 4.78 is 0. The van der Waals surface area contributed by atoms with Crippen LogP contribution >= 0.6 is 23.4 Å². The predicted octanol–water partition coefficient (Wildman–Crippen LogP) is 2.99. The van der Waals surface area contributed by atoms with Crippen LogP contribution < -0.4 is 0 Å². The Labute approximate surface area is 110 Å². The van der Waals surface area contributed by atoms with Gasteiger partial charge in [0.05, 0.1) is 18.2 Å². The number of nitrogens with zero attached hydrogens (tertiary/aromatic N) is 1. The van der Waals surface area contributed by atoms with E-state index >= 15 is 0 Å². The maximum atomic E-state index is 11.7. The number of hydroxylamine groups is 2. The average molecular weight is 272 g/mol. The van der Waals surface area contributed by atoms with Crippen LogP contribution in [0.4, 0.5) is 0 Å². The van der Waals surface area contributed by atoms with E-state index in [0.717, 1.165) is 28.6 Å². The lowest BCUT2D eigenvalue weighted by Gasteiger charge is -2.13. The Morgan fingerprint density at radius 2 is 2.29 bits per heavy atom. The number of carbonyl (C=O) groups is 1. The fraction of sp³-hybridized carbons (Fsp3) is 0.417. The van der Waals surface area contributed by atoms with Gasteiger partial charge >= 0.3 is 0 Å². The smallest absolute Gasteiger partial charge is 0.246 e. The minimum Gasteiger partial charge on any atom is -0.273 e. The van der Waals surface area contributed by atoms with Gasteiger partial charge in [-0.2, -0.15) is 0 Å². The normalized spacial score (nSPS) is 15.2. The van der Waals surface area contributed by atoms with E-state index in [1.807, 2.05) is 24.3 Å². The molecule has 0 N–H and O–H groups in total. The van der Waals surface area contributed by atoms with E-state index in [4.69, 9.17) is 16.4 Å². The maximum Gasteiger partial charge on any atom is 0.246 e. The lowest BCUT2D eigenvalue weighted by atomic mass is 10.4. The van der Waals surface area contributed by atoms with Crippen molar-refractivity contribution in [2.75, 3.05) is 18.9 Å². The SMILES string of the molecule is O=C(CCSc1ccccc1Cl)N1CCCO1. The molecule has 1 aromatic rings. The zero-order valence-corrected chi connectivity index (χ0v) is 11.0. The predicted molar refractivity (Wildman–Crippen MR) is 69.1 cm³/mol. The van der Waals surface area contributed by atoms with Crippen LogP contribution in [-0.2, 0) is 9.63 Å². The van der Waals surface area contributed by atoms with E-state index in [1.54, 1.807) is 11.8 Å². The molecular weight excluding hydrogens is 258 g/mol. The molecule has 1 heterocycles. The number of hydrogen-bond acceptors (Lipinski definition) is 3. The summed E-state index contributed by atoms with van der Waals surface area (Å²) in [7, 11) is 0. The fourth-order valence-corrected chi connectivity index (χ4v) is 2.76. The zero-order chi connectivity index (χ0) is 12.1. The Bertz CT molecular complexity index is 394. The molecule has 0 saturated carbocycles. The molecule has 2 rings (SSSR count). The summed E-state index contributed by atoms with van der Waals surface area (Å²) in [4.78, 5) is 17.9. The van der Waals surface area contributed by atoms with Crippen molar-refractivity contribution in [2.45, 2.75) is 17.7 Å². The minimum atomic E-state index is 0.0575. The van der Waals surface area contributed by atoms with Gasteiger partial charge in [0, 0.05) is 17.1 Å². The molecule has 0 aromatic heterocycles. The van der Waals surface area contributed by atoms with Crippen LogP contribution in [0.15, 0.2) is 29.2 Å². The molecule has 1 saturated heterocycles. The Balaban J connectivity index is 1.76. The highest BCUT2D eigenvalue weighted by Crippen LogP contribution is 2.27. The summed E-state index contributed by atoms with van der Waals surface area (Å²) in [6, 6.07) is 7.66. The van der Waals surface area contributed by atoms with Crippen molar-refractivity contribution in [3.8, 4) is 0 Å². The average Bonchev–Trinajstić information content (AvgIpc) is 2.85. The van der Waals surface area contributed by atoms with Gasteiger partial charge in [0.2, 0.25) is 5.91 Å². The van der Waals surface area contributed by atoms with Crippen LogP contribution in [0, 0.1) is 0 Å². The zero-order valence-electron chi connectivity index (χ0n) is 9.39. The molecular formula is C12H14ClNO2S. The third-order valence-corrected chi connectivity index (χ3v) is 3.96. The van der Waals surface area contributed by atoms with E-state index in [9.17, 15) is 4.79 Å². The first kappa shape index (κ1) is 12.7. The Hall–Kier alpha value is -0.710. The van der Waals surface area contributed by atoms with E-state index in [0.29, 0.717) is 13.0 Å². The maximum absolute atomic E-state index is 11.7. The van der Waals surface area contributed by atoms with Crippen LogP contribution in [0.1, 0.15) is 12.8 Å². The Morgan fingerprint density at radius 1 is 1.47 bits per heavy atom. The molecule has 0 aliphatic carbocycles. The molecule has 3 nitrogen and oxygen atoms in total. The van der Waals surface area contributed by atoms with Crippen molar-refractivity contribution in [2.24, 2.45) is 0 Å². The largest absolute Gasteiger partial charge is 0.273 e. The van der Waals surface area contributed by atoms with Gasteiger partial charge in [-0.3, -0.25) is 9.63 Å². The molecule has 1 fully saturated rings. The number of hydrogen-bond donors (Lipinski definition) is 0. The number of rotatable bonds is 4. The van der Waals surface area contributed by atoms with Crippen LogP contribution in [0.25, 0.3) is 0 Å². The van der Waals surface area contributed by atoms with Crippen LogP contribution in [0.3, 0.4) is 0 Å². The van der Waals surface area contributed by atoms with Crippen molar-refractivity contribution in [3.05, 3.63) is 29.3 Å². The highest BCUT2D eigenvalue weighted by atomic mass is 35.5. The first-order chi connectivity index (χ1) is 8.27. The second kappa shape index (κ2) is 6.28. The molecule has 0 bridgehead atoms. The molecule has 0 spiro atoms. The third-order valence-electron chi connectivity index (χ3n) is 2.44. The molecule has 17 heavy (non-hydrogen) atoms. The summed E-state index contributed by atoms with van der Waals surface area (Å²) in [5.41, 5.74) is 0. The van der Waals surface area contributed by atoms with E-state index in [1.165, 1.54) is 5.06 Å². The molecule has 1 amide bonds.